The van der Waals surface area contributed by atoms with Crippen LogP contribution in [0.3, 0.4) is 0 Å². The Labute approximate surface area is 286 Å². The minimum atomic E-state index is -1.82. The smallest absolute Gasteiger partial charge is 0.409 e. The summed E-state index contributed by atoms with van der Waals surface area (Å²) in [6.45, 7) is 5.92. The quantitative estimate of drug-likeness (QED) is 0.206. The second kappa shape index (κ2) is 15.2. The van der Waals surface area contributed by atoms with Gasteiger partial charge in [0.25, 0.3) is 0 Å². The summed E-state index contributed by atoms with van der Waals surface area (Å²) in [7, 11) is 4.53. The Morgan fingerprint density at radius 1 is 1.21 bits per heavy atom. The van der Waals surface area contributed by atoms with E-state index in [-0.39, 0.29) is 43.2 Å². The third-order valence-corrected chi connectivity index (χ3v) is 9.39. The Bertz CT molecular complexity index is 1400. The highest BCUT2D eigenvalue weighted by Gasteiger charge is 2.63. The van der Waals surface area contributed by atoms with Crippen LogP contribution in [0.4, 0.5) is 10.5 Å². The van der Waals surface area contributed by atoms with Gasteiger partial charge in [0.2, 0.25) is 5.91 Å². The Balaban J connectivity index is 1.75. The number of rotatable bonds is 8. The van der Waals surface area contributed by atoms with Crippen molar-refractivity contribution < 1.29 is 47.9 Å². The Kier molecular flexibility index (Phi) is 11.9. The van der Waals surface area contributed by atoms with E-state index in [1.54, 1.807) is 39.1 Å². The van der Waals surface area contributed by atoms with Crippen LogP contribution in [-0.4, -0.2) is 98.5 Å². The number of benzene rings is 1. The maximum absolute atomic E-state index is 13.9. The molecule has 6 atom stereocenters. The van der Waals surface area contributed by atoms with Gasteiger partial charge in [-0.15, -0.1) is 0 Å². The van der Waals surface area contributed by atoms with E-state index in [2.05, 4.69) is 17.9 Å². The zero-order valence-corrected chi connectivity index (χ0v) is 29.3. The fourth-order valence-corrected chi connectivity index (χ4v) is 6.88. The average Bonchev–Trinajstić information content (AvgIpc) is 2.99. The van der Waals surface area contributed by atoms with Crippen LogP contribution in [0.5, 0.6) is 5.75 Å². The molecule has 14 heteroatoms. The summed E-state index contributed by atoms with van der Waals surface area (Å²) in [4.78, 5) is 41.0. The lowest BCUT2D eigenvalue weighted by atomic mass is 9.72. The molecule has 2 N–H and O–H groups in total. The Morgan fingerprint density at radius 3 is 2.60 bits per heavy atom. The predicted molar refractivity (Wildman–Crippen MR) is 178 cm³/mol. The highest BCUT2D eigenvalue weighted by molar-refractivity contribution is 7.80. The van der Waals surface area contributed by atoms with Crippen molar-refractivity contribution in [2.24, 2.45) is 0 Å². The predicted octanol–water partition coefficient (Wildman–Crippen LogP) is 4.15. The van der Waals surface area contributed by atoms with Crippen LogP contribution in [-0.2, 0) is 39.7 Å². The number of alkyl carbamates (subject to hydrolysis) is 1. The fraction of sp³-hybridized carbons (Fsp3) is 0.606. The van der Waals surface area contributed by atoms with Crippen molar-refractivity contribution in [2.45, 2.75) is 88.1 Å². The molecule has 0 radical (unpaired) electrons. The normalized spacial score (nSPS) is 33.1. The van der Waals surface area contributed by atoms with E-state index in [4.69, 9.17) is 40.0 Å². The molecule has 4 aliphatic rings. The number of esters is 1. The number of hydrogen-bond acceptors (Lipinski definition) is 11. The number of nitrogens with one attached hydrogen (secondary N) is 1. The number of ether oxygens (including phenoxy) is 6. The SMILES string of the molecule is COc1cc2cc(c1Cl)N(C)C(=O)C[C@H](OC(=O)CCOCCS)[C@@]1(C)C[C@@](C)(O1)[C@@H]1C[C@@](O)(NC(=O)O1)[C@H](OC)/C=C/C=C(\C)C2. The standard InChI is InChI=1S/C33H45ClN2O10S/c1-20-8-7-9-24(42-6)33(40)18-26(45-30(39)35-33)32(3)19-31(2,46-32)25(44-28(38)10-11-43-12-13-47)17-27(37)36(4)22-15-21(14-20)16-23(41-5)29(22)34/h7-9,15-16,24-26,40,47H,10-14,17-19H2,1-6H3,(H,35,39)/b9-7+,20-8+/t24-,25+,26+,31-,32-,33+/m1/s1. The summed E-state index contributed by atoms with van der Waals surface area (Å²) in [6.07, 6.45) is 1.98. The monoisotopic (exact) mass is 696 g/mol. The van der Waals surface area contributed by atoms with Crippen molar-refractivity contribution in [3.63, 3.8) is 0 Å². The molecule has 2 fully saturated rings. The van der Waals surface area contributed by atoms with Gasteiger partial charge in [-0.3, -0.25) is 14.9 Å². The van der Waals surface area contributed by atoms with E-state index in [1.807, 2.05) is 19.1 Å². The second-order valence-electron chi connectivity index (χ2n) is 12.6. The minimum Gasteiger partial charge on any atom is -0.495 e. The van der Waals surface area contributed by atoms with Crippen LogP contribution >= 0.6 is 24.2 Å². The van der Waals surface area contributed by atoms with E-state index >= 15 is 0 Å². The number of allylic oxidation sites excluding steroid dienone is 3. The number of halogens is 1. The molecule has 2 saturated heterocycles. The molecule has 5 rings (SSSR count). The van der Waals surface area contributed by atoms with E-state index in [9.17, 15) is 19.5 Å². The van der Waals surface area contributed by atoms with E-state index < -0.39 is 47.3 Å². The van der Waals surface area contributed by atoms with Crippen molar-refractivity contribution in [1.82, 2.24) is 5.32 Å². The molecule has 12 nitrogen and oxygen atoms in total. The van der Waals surface area contributed by atoms with Crippen molar-refractivity contribution in [3.05, 3.63) is 46.5 Å². The topological polar surface area (TPSA) is 142 Å². The van der Waals surface area contributed by atoms with Crippen LogP contribution < -0.4 is 15.0 Å². The number of fused-ring (bicyclic) bond motifs is 6. The molecule has 0 aromatic heterocycles. The summed E-state index contributed by atoms with van der Waals surface area (Å²) in [5.74, 6) is -0.0484. The van der Waals surface area contributed by atoms with Crippen LogP contribution in [0.15, 0.2) is 35.9 Å². The number of carbonyl (C=O) groups is 3. The molecule has 0 spiro atoms. The number of carbonyl (C=O) groups excluding carboxylic acids is 3. The highest BCUT2D eigenvalue weighted by atomic mass is 35.5. The zero-order chi connectivity index (χ0) is 34.6. The average molecular weight is 697 g/mol. The van der Waals surface area contributed by atoms with Gasteiger partial charge in [-0.05, 0) is 44.9 Å². The number of amides is 2. The number of methoxy groups -OCH3 is 2. The van der Waals surface area contributed by atoms with Crippen molar-refractivity contribution in [1.29, 1.82) is 0 Å². The molecular weight excluding hydrogens is 652 g/mol. The van der Waals surface area contributed by atoms with Gasteiger partial charge in [0, 0.05) is 32.8 Å². The van der Waals surface area contributed by atoms with Gasteiger partial charge in [-0.2, -0.15) is 12.6 Å². The zero-order valence-electron chi connectivity index (χ0n) is 27.7. The lowest BCUT2D eigenvalue weighted by Crippen LogP contribution is -2.72. The first-order chi connectivity index (χ1) is 22.2. The molecule has 4 aliphatic heterocycles. The van der Waals surface area contributed by atoms with Crippen molar-refractivity contribution in [2.75, 3.05) is 45.1 Å². The molecule has 1 aromatic rings. The van der Waals surface area contributed by atoms with Gasteiger partial charge in [0.1, 0.15) is 40.3 Å². The Hall–Kier alpha value is -2.81. The molecule has 0 saturated carbocycles. The molecule has 0 unspecified atom stereocenters. The first-order valence-electron chi connectivity index (χ1n) is 15.5. The molecule has 0 aliphatic carbocycles. The number of anilines is 1. The van der Waals surface area contributed by atoms with Gasteiger partial charge < -0.3 is 38.4 Å². The van der Waals surface area contributed by atoms with Crippen molar-refractivity contribution >= 4 is 47.9 Å². The van der Waals surface area contributed by atoms with Gasteiger partial charge >= 0.3 is 12.1 Å². The molecule has 6 bridgehead atoms. The number of thiol groups is 1. The third kappa shape index (κ3) is 8.44. The van der Waals surface area contributed by atoms with Crippen LogP contribution in [0.1, 0.15) is 52.0 Å². The van der Waals surface area contributed by atoms with Gasteiger partial charge in [-0.1, -0.05) is 35.4 Å². The second-order valence-corrected chi connectivity index (χ2v) is 13.5. The van der Waals surface area contributed by atoms with Crippen LogP contribution in [0.2, 0.25) is 5.02 Å². The van der Waals surface area contributed by atoms with Gasteiger partial charge in [0.15, 0.2) is 5.72 Å². The number of aliphatic hydroxyl groups is 1. The van der Waals surface area contributed by atoms with Gasteiger partial charge in [-0.25, -0.2) is 4.79 Å². The van der Waals surface area contributed by atoms with Crippen LogP contribution in [0.25, 0.3) is 0 Å². The summed E-state index contributed by atoms with van der Waals surface area (Å²) >= 11 is 10.8. The fourth-order valence-electron chi connectivity index (χ4n) is 6.44. The van der Waals surface area contributed by atoms with E-state index in [1.165, 1.54) is 19.1 Å². The van der Waals surface area contributed by atoms with Crippen molar-refractivity contribution in [3.8, 4) is 5.75 Å². The third-order valence-electron chi connectivity index (χ3n) is 8.82. The largest absolute Gasteiger partial charge is 0.495 e. The molecule has 1 aromatic carbocycles. The molecular formula is C33H45ClN2O10S. The molecule has 260 valence electrons. The minimum absolute atomic E-state index is 0.0372. The summed E-state index contributed by atoms with van der Waals surface area (Å²) in [6, 6.07) is 3.61. The van der Waals surface area contributed by atoms with E-state index in [0.717, 1.165) is 11.1 Å². The van der Waals surface area contributed by atoms with E-state index in [0.29, 0.717) is 30.2 Å². The maximum atomic E-state index is 13.9. The maximum Gasteiger partial charge on any atom is 0.409 e. The summed E-state index contributed by atoms with van der Waals surface area (Å²) < 4.78 is 34.5. The number of hydrogen-bond donors (Lipinski definition) is 3. The lowest BCUT2D eigenvalue weighted by molar-refractivity contribution is -0.328. The van der Waals surface area contributed by atoms with Gasteiger partial charge in [0.05, 0.1) is 38.9 Å². The molecule has 2 amide bonds. The lowest BCUT2D eigenvalue weighted by Gasteiger charge is -2.59. The van der Waals surface area contributed by atoms with Crippen LogP contribution in [0, 0.1) is 0 Å². The highest BCUT2D eigenvalue weighted by Crippen LogP contribution is 2.50. The first kappa shape index (κ1) is 37.0. The summed E-state index contributed by atoms with van der Waals surface area (Å²) in [5, 5.41) is 14.4. The Morgan fingerprint density at radius 2 is 1.94 bits per heavy atom. The first-order valence-corrected chi connectivity index (χ1v) is 16.5. The summed E-state index contributed by atoms with van der Waals surface area (Å²) in [5.41, 5.74) is -1.84. The molecule has 47 heavy (non-hydrogen) atoms. The number of nitrogens with zero attached hydrogens (tertiary/aromatic N) is 1. The molecule has 4 heterocycles.